The first-order valence-corrected chi connectivity index (χ1v) is 9.36. The number of likely N-dealkylation sites (N-methyl/N-ethyl adjacent to an activating group) is 1. The third kappa shape index (κ3) is 4.62. The van der Waals surface area contributed by atoms with Crippen molar-refractivity contribution in [2.75, 3.05) is 19.1 Å². The number of fused-ring (bicyclic) bond motifs is 1. The summed E-state index contributed by atoms with van der Waals surface area (Å²) >= 11 is 0. The molecule has 1 aliphatic heterocycles. The van der Waals surface area contributed by atoms with Crippen molar-refractivity contribution < 1.29 is 23.8 Å². The number of methoxy groups -OCH3 is 1. The number of hydrogen-bond donors (Lipinski definition) is 1. The third-order valence-electron chi connectivity index (χ3n) is 4.48. The Balaban J connectivity index is 2.02. The minimum Gasteiger partial charge on any atom is -0.497 e. The SMILES string of the molecule is COc1ccc2c(c1)N(C)C(=O)[C@@H](NC(=O)OC(C)(C)C)[C@@H](c1ccccc1)O2. The van der Waals surface area contributed by atoms with Gasteiger partial charge in [0.25, 0.3) is 5.91 Å². The van der Waals surface area contributed by atoms with E-state index in [-0.39, 0.29) is 5.91 Å². The Hall–Kier alpha value is -3.22. The van der Waals surface area contributed by atoms with Crippen molar-refractivity contribution in [3.63, 3.8) is 0 Å². The second-order valence-electron chi connectivity index (χ2n) is 7.80. The second kappa shape index (κ2) is 8.03. The Morgan fingerprint density at radius 1 is 1.14 bits per heavy atom. The van der Waals surface area contributed by atoms with Gasteiger partial charge in [0.15, 0.2) is 12.1 Å². The molecule has 154 valence electrons. The Morgan fingerprint density at radius 2 is 1.83 bits per heavy atom. The lowest BCUT2D eigenvalue weighted by atomic mass is 10.0. The van der Waals surface area contributed by atoms with E-state index < -0.39 is 23.8 Å². The van der Waals surface area contributed by atoms with E-state index >= 15 is 0 Å². The van der Waals surface area contributed by atoms with Crippen LogP contribution in [0.2, 0.25) is 0 Å². The Bertz CT molecular complexity index is 892. The molecule has 1 aliphatic rings. The molecule has 2 aromatic carbocycles. The molecule has 3 rings (SSSR count). The topological polar surface area (TPSA) is 77.1 Å². The molecule has 1 heterocycles. The maximum absolute atomic E-state index is 13.3. The molecule has 0 aromatic heterocycles. The van der Waals surface area contributed by atoms with Crippen molar-refractivity contribution in [2.45, 2.75) is 38.5 Å². The van der Waals surface area contributed by atoms with Gasteiger partial charge in [-0.1, -0.05) is 30.3 Å². The number of alkyl carbamates (subject to hydrolysis) is 1. The van der Waals surface area contributed by atoms with E-state index in [1.807, 2.05) is 30.3 Å². The summed E-state index contributed by atoms with van der Waals surface area (Å²) in [6.45, 7) is 5.29. The van der Waals surface area contributed by atoms with E-state index in [1.54, 1.807) is 53.1 Å². The van der Waals surface area contributed by atoms with Gasteiger partial charge in [0.2, 0.25) is 0 Å². The number of ether oxygens (including phenoxy) is 3. The molecular formula is C22H26N2O5. The van der Waals surface area contributed by atoms with Gasteiger partial charge in [-0.15, -0.1) is 0 Å². The van der Waals surface area contributed by atoms with Gasteiger partial charge in [-0.25, -0.2) is 4.79 Å². The highest BCUT2D eigenvalue weighted by molar-refractivity contribution is 6.00. The van der Waals surface area contributed by atoms with Gasteiger partial charge in [0.1, 0.15) is 17.1 Å². The molecule has 0 aliphatic carbocycles. The summed E-state index contributed by atoms with van der Waals surface area (Å²) in [5, 5.41) is 2.70. The fourth-order valence-electron chi connectivity index (χ4n) is 3.12. The van der Waals surface area contributed by atoms with Crippen molar-refractivity contribution in [3.8, 4) is 11.5 Å². The number of carbonyl (C=O) groups excluding carboxylic acids is 2. The Kier molecular flexibility index (Phi) is 5.68. The molecule has 7 nitrogen and oxygen atoms in total. The minimum atomic E-state index is -0.976. The average molecular weight is 398 g/mol. The lowest BCUT2D eigenvalue weighted by molar-refractivity contribution is -0.122. The molecule has 2 aromatic rings. The van der Waals surface area contributed by atoms with Crippen LogP contribution in [0.5, 0.6) is 11.5 Å². The van der Waals surface area contributed by atoms with Crippen LogP contribution in [0.25, 0.3) is 0 Å². The molecule has 7 heteroatoms. The number of rotatable bonds is 3. The van der Waals surface area contributed by atoms with Crippen molar-refractivity contribution in [3.05, 3.63) is 54.1 Å². The number of nitrogens with zero attached hydrogens (tertiary/aromatic N) is 1. The summed E-state index contributed by atoms with van der Waals surface area (Å²) in [5.74, 6) is 0.794. The molecule has 0 radical (unpaired) electrons. The number of amides is 2. The monoisotopic (exact) mass is 398 g/mol. The quantitative estimate of drug-likeness (QED) is 0.853. The van der Waals surface area contributed by atoms with E-state index in [1.165, 1.54) is 4.90 Å². The first-order valence-electron chi connectivity index (χ1n) is 9.36. The summed E-state index contributed by atoms with van der Waals surface area (Å²) in [7, 11) is 3.20. The van der Waals surface area contributed by atoms with Gasteiger partial charge in [0.05, 0.1) is 12.8 Å². The molecule has 2 atom stereocenters. The van der Waals surface area contributed by atoms with Crippen LogP contribution in [0, 0.1) is 0 Å². The summed E-state index contributed by atoms with van der Waals surface area (Å²) in [6.07, 6.45) is -1.41. The standard InChI is InChI=1S/C22H26N2O5/c1-22(2,3)29-21(26)23-18-19(14-9-7-6-8-10-14)28-17-12-11-15(27-5)13-16(17)24(4)20(18)25/h6-13,18-19H,1-5H3,(H,23,26)/t18-,19+/m0/s1. The molecule has 0 bridgehead atoms. The predicted octanol–water partition coefficient (Wildman–Crippen LogP) is 3.69. The lowest BCUT2D eigenvalue weighted by Crippen LogP contribution is -2.51. The van der Waals surface area contributed by atoms with Crippen LogP contribution in [0.15, 0.2) is 48.5 Å². The van der Waals surface area contributed by atoms with Crippen molar-refractivity contribution >= 4 is 17.7 Å². The van der Waals surface area contributed by atoms with Crippen LogP contribution in [-0.4, -0.2) is 37.8 Å². The van der Waals surface area contributed by atoms with Crippen LogP contribution in [-0.2, 0) is 9.53 Å². The largest absolute Gasteiger partial charge is 0.497 e. The third-order valence-corrected chi connectivity index (χ3v) is 4.48. The molecular weight excluding hydrogens is 372 g/mol. The smallest absolute Gasteiger partial charge is 0.408 e. The number of anilines is 1. The zero-order valence-electron chi connectivity index (χ0n) is 17.3. The average Bonchev–Trinajstić information content (AvgIpc) is 2.77. The first-order chi connectivity index (χ1) is 13.7. The minimum absolute atomic E-state index is 0.322. The molecule has 0 spiro atoms. The van der Waals surface area contributed by atoms with Gasteiger partial charge in [-0.05, 0) is 38.5 Å². The van der Waals surface area contributed by atoms with E-state index in [0.29, 0.717) is 17.2 Å². The van der Waals surface area contributed by atoms with Crippen LogP contribution >= 0.6 is 0 Å². The fourth-order valence-corrected chi connectivity index (χ4v) is 3.12. The molecule has 29 heavy (non-hydrogen) atoms. The summed E-state index contributed by atoms with van der Waals surface area (Å²) < 4.78 is 16.9. The Labute approximate surface area is 170 Å². The van der Waals surface area contributed by atoms with E-state index in [2.05, 4.69) is 5.32 Å². The van der Waals surface area contributed by atoms with E-state index in [0.717, 1.165) is 5.56 Å². The highest BCUT2D eigenvalue weighted by Gasteiger charge is 2.40. The highest BCUT2D eigenvalue weighted by atomic mass is 16.6. The number of nitrogens with one attached hydrogen (secondary N) is 1. The van der Waals surface area contributed by atoms with Crippen molar-refractivity contribution in [1.82, 2.24) is 5.32 Å². The lowest BCUT2D eigenvalue weighted by Gasteiger charge is -2.28. The van der Waals surface area contributed by atoms with Crippen LogP contribution in [0.1, 0.15) is 32.4 Å². The Morgan fingerprint density at radius 3 is 2.45 bits per heavy atom. The predicted molar refractivity (Wildman–Crippen MR) is 109 cm³/mol. The molecule has 0 saturated carbocycles. The van der Waals surface area contributed by atoms with Crippen LogP contribution in [0.4, 0.5) is 10.5 Å². The zero-order chi connectivity index (χ0) is 21.2. The second-order valence-corrected chi connectivity index (χ2v) is 7.80. The first kappa shape index (κ1) is 20.5. The number of benzene rings is 2. The van der Waals surface area contributed by atoms with Crippen molar-refractivity contribution in [1.29, 1.82) is 0 Å². The van der Waals surface area contributed by atoms with Gasteiger partial charge in [-0.3, -0.25) is 4.79 Å². The maximum atomic E-state index is 13.3. The summed E-state index contributed by atoms with van der Waals surface area (Å²) in [6, 6.07) is 13.6. The van der Waals surface area contributed by atoms with Gasteiger partial charge in [0, 0.05) is 13.1 Å². The summed E-state index contributed by atoms with van der Waals surface area (Å²) in [4.78, 5) is 27.3. The number of hydrogen-bond acceptors (Lipinski definition) is 5. The fraction of sp³-hybridized carbons (Fsp3) is 0.364. The normalized spacial score (nSPS) is 18.9. The van der Waals surface area contributed by atoms with Gasteiger partial charge >= 0.3 is 6.09 Å². The molecule has 0 fully saturated rings. The summed E-state index contributed by atoms with van der Waals surface area (Å²) in [5.41, 5.74) is 0.631. The molecule has 2 amide bonds. The number of carbonyl (C=O) groups is 2. The van der Waals surface area contributed by atoms with Gasteiger partial charge < -0.3 is 24.4 Å². The molecule has 0 saturated heterocycles. The van der Waals surface area contributed by atoms with Crippen LogP contribution < -0.4 is 19.7 Å². The van der Waals surface area contributed by atoms with Gasteiger partial charge in [-0.2, -0.15) is 0 Å². The van der Waals surface area contributed by atoms with Crippen molar-refractivity contribution in [2.24, 2.45) is 0 Å². The molecule has 0 unspecified atom stereocenters. The highest BCUT2D eigenvalue weighted by Crippen LogP contribution is 2.39. The zero-order valence-corrected chi connectivity index (χ0v) is 17.3. The maximum Gasteiger partial charge on any atom is 0.408 e. The van der Waals surface area contributed by atoms with E-state index in [4.69, 9.17) is 14.2 Å². The van der Waals surface area contributed by atoms with Crippen LogP contribution in [0.3, 0.4) is 0 Å². The van der Waals surface area contributed by atoms with E-state index in [9.17, 15) is 9.59 Å². The molecule has 1 N–H and O–H groups in total.